The number of piperazine rings is 1. The third kappa shape index (κ3) is 4.70. The number of rotatable bonds is 7. The average molecular weight is 395 g/mol. The molecule has 0 bridgehead atoms. The Labute approximate surface area is 149 Å². The Morgan fingerprint density at radius 1 is 1.00 bits per heavy atom. The molecule has 0 saturated carbocycles. The van der Waals surface area contributed by atoms with E-state index in [1.54, 1.807) is 12.1 Å². The van der Waals surface area contributed by atoms with Crippen LogP contribution in [0.25, 0.3) is 0 Å². The third-order valence-corrected chi connectivity index (χ3v) is 8.12. The van der Waals surface area contributed by atoms with Crippen LogP contribution >= 0.6 is 11.6 Å². The molecular formula is C15H23ClN2O4S2. The maximum Gasteiger partial charge on any atom is 0.243 e. The van der Waals surface area contributed by atoms with Crippen molar-refractivity contribution in [1.29, 1.82) is 0 Å². The van der Waals surface area contributed by atoms with Crippen LogP contribution in [-0.4, -0.2) is 57.4 Å². The van der Waals surface area contributed by atoms with Gasteiger partial charge in [0.15, 0.2) is 0 Å². The predicted octanol–water partition coefficient (Wildman–Crippen LogP) is 2.17. The summed E-state index contributed by atoms with van der Waals surface area (Å²) in [6, 6.07) is 6.10. The lowest BCUT2D eigenvalue weighted by Crippen LogP contribution is -2.50. The van der Waals surface area contributed by atoms with Crippen molar-refractivity contribution < 1.29 is 16.8 Å². The van der Waals surface area contributed by atoms with Crippen LogP contribution < -0.4 is 0 Å². The van der Waals surface area contributed by atoms with E-state index in [-0.39, 0.29) is 36.8 Å². The zero-order valence-electron chi connectivity index (χ0n) is 13.7. The molecule has 1 fully saturated rings. The van der Waals surface area contributed by atoms with Crippen LogP contribution in [0.5, 0.6) is 0 Å². The topological polar surface area (TPSA) is 74.8 Å². The maximum absolute atomic E-state index is 12.6. The van der Waals surface area contributed by atoms with Gasteiger partial charge in [0.2, 0.25) is 20.0 Å². The van der Waals surface area contributed by atoms with Crippen LogP contribution in [0.4, 0.5) is 0 Å². The van der Waals surface area contributed by atoms with Crippen molar-refractivity contribution in [2.24, 2.45) is 0 Å². The minimum atomic E-state index is -3.65. The summed E-state index contributed by atoms with van der Waals surface area (Å²) < 4.78 is 52.5. The van der Waals surface area contributed by atoms with Gasteiger partial charge in [-0.05, 0) is 24.6 Å². The highest BCUT2D eigenvalue weighted by Crippen LogP contribution is 2.21. The fourth-order valence-corrected chi connectivity index (χ4v) is 5.90. The molecule has 1 aromatic carbocycles. The fraction of sp³-hybridized carbons (Fsp3) is 0.600. The van der Waals surface area contributed by atoms with Crippen LogP contribution in [0.1, 0.15) is 26.2 Å². The summed E-state index contributed by atoms with van der Waals surface area (Å²) in [5.41, 5.74) is 0. The van der Waals surface area contributed by atoms with E-state index in [1.165, 1.54) is 20.7 Å². The van der Waals surface area contributed by atoms with Gasteiger partial charge < -0.3 is 0 Å². The van der Waals surface area contributed by atoms with Crippen LogP contribution in [0.3, 0.4) is 0 Å². The van der Waals surface area contributed by atoms with E-state index in [2.05, 4.69) is 0 Å². The molecule has 0 atom stereocenters. The molecule has 1 heterocycles. The zero-order valence-corrected chi connectivity index (χ0v) is 16.1. The lowest BCUT2D eigenvalue weighted by Gasteiger charge is -2.33. The Kier molecular flexibility index (Phi) is 6.66. The van der Waals surface area contributed by atoms with Crippen LogP contribution in [-0.2, 0) is 20.0 Å². The molecule has 1 aliphatic heterocycles. The molecule has 0 aromatic heterocycles. The van der Waals surface area contributed by atoms with Gasteiger partial charge in [0.05, 0.1) is 10.6 Å². The first-order valence-corrected chi connectivity index (χ1v) is 11.4. The van der Waals surface area contributed by atoms with Gasteiger partial charge in [-0.25, -0.2) is 16.8 Å². The number of benzene rings is 1. The summed E-state index contributed by atoms with van der Waals surface area (Å²) in [6.45, 7) is 2.71. The lowest BCUT2D eigenvalue weighted by atomic mass is 10.3. The highest BCUT2D eigenvalue weighted by atomic mass is 35.5. The Hall–Kier alpha value is -0.670. The van der Waals surface area contributed by atoms with Crippen molar-refractivity contribution in [2.75, 3.05) is 31.9 Å². The minimum Gasteiger partial charge on any atom is -0.212 e. The Balaban J connectivity index is 2.02. The first-order valence-electron chi connectivity index (χ1n) is 8.01. The molecule has 6 nitrogen and oxygen atoms in total. The van der Waals surface area contributed by atoms with Crippen molar-refractivity contribution in [3.63, 3.8) is 0 Å². The van der Waals surface area contributed by atoms with Gasteiger partial charge in [-0.1, -0.05) is 37.4 Å². The van der Waals surface area contributed by atoms with Gasteiger partial charge in [0.25, 0.3) is 0 Å². The Morgan fingerprint density at radius 2 is 1.62 bits per heavy atom. The summed E-state index contributed by atoms with van der Waals surface area (Å²) in [4.78, 5) is 0.134. The largest absolute Gasteiger partial charge is 0.243 e. The van der Waals surface area contributed by atoms with Crippen molar-refractivity contribution in [3.05, 3.63) is 29.3 Å². The Morgan fingerprint density at radius 3 is 2.21 bits per heavy atom. The number of hydrogen-bond acceptors (Lipinski definition) is 4. The maximum atomic E-state index is 12.6. The monoisotopic (exact) mass is 394 g/mol. The molecule has 0 aliphatic carbocycles. The number of halogens is 1. The second kappa shape index (κ2) is 8.14. The molecule has 0 spiro atoms. The fourth-order valence-electron chi connectivity index (χ4n) is 2.63. The zero-order chi connectivity index (χ0) is 17.8. The van der Waals surface area contributed by atoms with E-state index < -0.39 is 20.0 Å². The van der Waals surface area contributed by atoms with Crippen molar-refractivity contribution in [1.82, 2.24) is 8.61 Å². The average Bonchev–Trinajstić information content (AvgIpc) is 2.55. The number of nitrogens with zero attached hydrogens (tertiary/aromatic N) is 2. The van der Waals surface area contributed by atoms with Gasteiger partial charge in [-0.15, -0.1) is 0 Å². The summed E-state index contributed by atoms with van der Waals surface area (Å²) in [5.74, 6) is 0.127. The molecule has 0 amide bonds. The summed E-state index contributed by atoms with van der Waals surface area (Å²) >= 11 is 5.86. The first kappa shape index (κ1) is 19.7. The number of hydrogen-bond donors (Lipinski definition) is 0. The quantitative estimate of drug-likeness (QED) is 0.664. The standard InChI is InChI=1S/C15H23ClN2O4S2/c1-2-3-4-12-23(19,20)17-8-10-18(11-9-17)24(21,22)15-7-5-6-14(16)13-15/h5-7,13H,2-4,8-12H2,1H3. The highest BCUT2D eigenvalue weighted by Gasteiger charge is 2.32. The van der Waals surface area contributed by atoms with Crippen molar-refractivity contribution >= 4 is 31.6 Å². The molecule has 0 N–H and O–H groups in total. The minimum absolute atomic E-state index is 0.127. The van der Waals surface area contributed by atoms with Crippen LogP contribution in [0, 0.1) is 0 Å². The van der Waals surface area contributed by atoms with E-state index in [0.29, 0.717) is 11.4 Å². The van der Waals surface area contributed by atoms with Gasteiger partial charge in [0.1, 0.15) is 0 Å². The van der Waals surface area contributed by atoms with E-state index in [4.69, 9.17) is 11.6 Å². The van der Waals surface area contributed by atoms with E-state index in [0.717, 1.165) is 12.8 Å². The first-order chi connectivity index (χ1) is 11.3. The SMILES string of the molecule is CCCCCS(=O)(=O)N1CCN(S(=O)(=O)c2cccc(Cl)c2)CC1. The molecule has 1 aliphatic rings. The lowest BCUT2D eigenvalue weighted by molar-refractivity contribution is 0.272. The normalized spacial score (nSPS) is 17.9. The molecule has 0 unspecified atom stereocenters. The van der Waals surface area contributed by atoms with Gasteiger partial charge in [-0.2, -0.15) is 8.61 Å². The van der Waals surface area contributed by atoms with Crippen molar-refractivity contribution in [2.45, 2.75) is 31.1 Å². The van der Waals surface area contributed by atoms with Gasteiger partial charge in [-0.3, -0.25) is 0 Å². The van der Waals surface area contributed by atoms with E-state index >= 15 is 0 Å². The molecule has 24 heavy (non-hydrogen) atoms. The summed E-state index contributed by atoms with van der Waals surface area (Å²) in [6.07, 6.45) is 2.48. The molecule has 9 heteroatoms. The van der Waals surface area contributed by atoms with E-state index in [9.17, 15) is 16.8 Å². The number of sulfonamides is 2. The summed E-state index contributed by atoms with van der Waals surface area (Å²) in [5, 5.41) is 0.355. The third-order valence-electron chi connectivity index (χ3n) is 4.03. The molecule has 1 aromatic rings. The van der Waals surface area contributed by atoms with Crippen LogP contribution in [0.2, 0.25) is 5.02 Å². The van der Waals surface area contributed by atoms with Gasteiger partial charge >= 0.3 is 0 Å². The molecular weight excluding hydrogens is 372 g/mol. The van der Waals surface area contributed by atoms with Gasteiger partial charge in [0, 0.05) is 31.2 Å². The predicted molar refractivity (Wildman–Crippen MR) is 95.1 cm³/mol. The molecule has 0 radical (unpaired) electrons. The second-order valence-electron chi connectivity index (χ2n) is 5.78. The molecule has 1 saturated heterocycles. The second-order valence-corrected chi connectivity index (χ2v) is 10.2. The van der Waals surface area contributed by atoms with Crippen LogP contribution in [0.15, 0.2) is 29.2 Å². The summed E-state index contributed by atoms with van der Waals surface area (Å²) in [7, 11) is -6.95. The van der Waals surface area contributed by atoms with Crippen molar-refractivity contribution in [3.8, 4) is 0 Å². The Bertz CT molecular complexity index is 757. The number of unbranched alkanes of at least 4 members (excludes halogenated alkanes) is 2. The van der Waals surface area contributed by atoms with E-state index in [1.807, 2.05) is 6.92 Å². The molecule has 136 valence electrons. The smallest absolute Gasteiger partial charge is 0.212 e. The molecule has 2 rings (SSSR count). The highest BCUT2D eigenvalue weighted by molar-refractivity contribution is 7.89.